The molecule has 3 rings (SSSR count). The molecule has 5 heteroatoms. The molecule has 102 valence electrons. The van der Waals surface area contributed by atoms with Crippen molar-refractivity contribution in [3.63, 3.8) is 0 Å². The lowest BCUT2D eigenvalue weighted by molar-refractivity contribution is 0.475. The van der Waals surface area contributed by atoms with Crippen molar-refractivity contribution < 1.29 is 0 Å². The zero-order valence-electron chi connectivity index (χ0n) is 12.3. The van der Waals surface area contributed by atoms with Crippen molar-refractivity contribution in [1.82, 2.24) is 19.6 Å². The van der Waals surface area contributed by atoms with Gasteiger partial charge in [-0.25, -0.2) is 4.68 Å². The van der Waals surface area contributed by atoms with Crippen molar-refractivity contribution in [2.45, 2.75) is 40.2 Å². The van der Waals surface area contributed by atoms with E-state index in [9.17, 15) is 0 Å². The molecule has 1 unspecified atom stereocenters. The first-order valence-electron chi connectivity index (χ1n) is 6.80. The molecule has 0 saturated carbocycles. The Kier molecular flexibility index (Phi) is 2.66. The molecule has 2 aromatic rings. The van der Waals surface area contributed by atoms with E-state index in [4.69, 9.17) is 5.10 Å². The van der Waals surface area contributed by atoms with E-state index >= 15 is 0 Å². The van der Waals surface area contributed by atoms with E-state index in [0.29, 0.717) is 6.04 Å². The van der Waals surface area contributed by atoms with Gasteiger partial charge in [0.25, 0.3) is 0 Å². The Hall–Kier alpha value is -1.78. The lowest BCUT2D eigenvalue weighted by atomic mass is 10.0. The number of fused-ring (bicyclic) bond motifs is 1. The molecule has 5 nitrogen and oxygen atoms in total. The number of nitrogens with one attached hydrogen (secondary N) is 1. The summed E-state index contributed by atoms with van der Waals surface area (Å²) in [6.45, 7) is 9.42. The standard InChI is InChI=1S/C14H21N5/c1-8-9(2)17-19-12(6-7-15-14(8)19)13-10(3)16-18(5)11(13)4/h12,15H,6-7H2,1-5H3. The maximum Gasteiger partial charge on any atom is 0.128 e. The Morgan fingerprint density at radius 2 is 1.84 bits per heavy atom. The number of hydrogen-bond donors (Lipinski definition) is 1. The van der Waals surface area contributed by atoms with Crippen molar-refractivity contribution >= 4 is 5.82 Å². The second-order valence-electron chi connectivity index (χ2n) is 5.44. The maximum absolute atomic E-state index is 4.72. The van der Waals surface area contributed by atoms with Crippen LogP contribution in [-0.2, 0) is 7.05 Å². The molecular weight excluding hydrogens is 238 g/mol. The maximum atomic E-state index is 4.72. The highest BCUT2D eigenvalue weighted by Gasteiger charge is 2.28. The predicted octanol–water partition coefficient (Wildman–Crippen LogP) is 2.26. The Labute approximate surface area is 113 Å². The van der Waals surface area contributed by atoms with Crippen LogP contribution in [0, 0.1) is 27.7 Å². The third-order valence-corrected chi connectivity index (χ3v) is 4.29. The van der Waals surface area contributed by atoms with Crippen LogP contribution >= 0.6 is 0 Å². The van der Waals surface area contributed by atoms with Crippen LogP contribution in [0.15, 0.2) is 0 Å². The van der Waals surface area contributed by atoms with Gasteiger partial charge >= 0.3 is 0 Å². The lowest BCUT2D eigenvalue weighted by Crippen LogP contribution is -2.25. The molecule has 1 N–H and O–H groups in total. The van der Waals surface area contributed by atoms with Gasteiger partial charge in [0.1, 0.15) is 5.82 Å². The fraction of sp³-hybridized carbons (Fsp3) is 0.571. The largest absolute Gasteiger partial charge is 0.370 e. The summed E-state index contributed by atoms with van der Waals surface area (Å²) in [7, 11) is 2.01. The van der Waals surface area contributed by atoms with Gasteiger partial charge in [0.2, 0.25) is 0 Å². The first-order valence-corrected chi connectivity index (χ1v) is 6.80. The van der Waals surface area contributed by atoms with Crippen LogP contribution in [0.2, 0.25) is 0 Å². The molecule has 0 saturated heterocycles. The Bertz CT molecular complexity index is 635. The Morgan fingerprint density at radius 3 is 2.47 bits per heavy atom. The second kappa shape index (κ2) is 4.11. The lowest BCUT2D eigenvalue weighted by Gasteiger charge is -2.26. The number of hydrogen-bond acceptors (Lipinski definition) is 3. The third kappa shape index (κ3) is 1.68. The summed E-state index contributed by atoms with van der Waals surface area (Å²) in [6, 6.07) is 0.303. The summed E-state index contributed by atoms with van der Waals surface area (Å²) in [6.07, 6.45) is 1.06. The molecule has 3 heterocycles. The smallest absolute Gasteiger partial charge is 0.128 e. The number of aromatic nitrogens is 4. The summed E-state index contributed by atoms with van der Waals surface area (Å²) in [5, 5.41) is 12.7. The van der Waals surface area contributed by atoms with Crippen LogP contribution in [-0.4, -0.2) is 26.1 Å². The topological polar surface area (TPSA) is 47.7 Å². The normalized spacial score (nSPS) is 18.3. The zero-order chi connectivity index (χ0) is 13.7. The SMILES string of the molecule is Cc1nn2c(c1C)NCCC2c1c(C)nn(C)c1C. The minimum Gasteiger partial charge on any atom is -0.370 e. The molecule has 0 bridgehead atoms. The number of rotatable bonds is 1. The molecule has 1 aliphatic heterocycles. The molecule has 0 fully saturated rings. The molecule has 0 aromatic carbocycles. The zero-order valence-corrected chi connectivity index (χ0v) is 12.3. The van der Waals surface area contributed by atoms with Gasteiger partial charge < -0.3 is 5.32 Å². The first-order chi connectivity index (χ1) is 9.00. The summed E-state index contributed by atoms with van der Waals surface area (Å²) in [5.41, 5.74) is 6.04. The fourth-order valence-corrected chi connectivity index (χ4v) is 3.06. The van der Waals surface area contributed by atoms with Crippen LogP contribution < -0.4 is 5.32 Å². The quantitative estimate of drug-likeness (QED) is 0.854. The first kappa shape index (κ1) is 12.3. The van der Waals surface area contributed by atoms with Crippen LogP contribution in [0.5, 0.6) is 0 Å². The third-order valence-electron chi connectivity index (χ3n) is 4.29. The summed E-state index contributed by atoms with van der Waals surface area (Å²) < 4.78 is 4.11. The molecule has 0 radical (unpaired) electrons. The van der Waals surface area contributed by atoms with Crippen LogP contribution in [0.3, 0.4) is 0 Å². The molecule has 1 aliphatic rings. The van der Waals surface area contributed by atoms with E-state index in [0.717, 1.165) is 30.2 Å². The van der Waals surface area contributed by atoms with Crippen LogP contribution in [0.4, 0.5) is 5.82 Å². The van der Waals surface area contributed by atoms with Crippen LogP contribution in [0.1, 0.15) is 40.7 Å². The average molecular weight is 259 g/mol. The average Bonchev–Trinajstić information content (AvgIpc) is 2.79. The van der Waals surface area contributed by atoms with Crippen molar-refractivity contribution in [1.29, 1.82) is 0 Å². The minimum absolute atomic E-state index is 0.303. The van der Waals surface area contributed by atoms with Crippen molar-refractivity contribution in [2.24, 2.45) is 7.05 Å². The van der Waals surface area contributed by atoms with Crippen molar-refractivity contribution in [3.8, 4) is 0 Å². The van der Waals surface area contributed by atoms with Gasteiger partial charge in [-0.05, 0) is 34.1 Å². The number of anilines is 1. The van der Waals surface area contributed by atoms with Gasteiger partial charge in [-0.15, -0.1) is 0 Å². The van der Waals surface area contributed by atoms with Gasteiger partial charge in [-0.3, -0.25) is 4.68 Å². The molecule has 2 aromatic heterocycles. The highest BCUT2D eigenvalue weighted by molar-refractivity contribution is 5.49. The van der Waals surface area contributed by atoms with Crippen LogP contribution in [0.25, 0.3) is 0 Å². The highest BCUT2D eigenvalue weighted by Crippen LogP contribution is 2.34. The fourth-order valence-electron chi connectivity index (χ4n) is 3.06. The number of aryl methyl sites for hydroxylation is 3. The van der Waals surface area contributed by atoms with Crippen molar-refractivity contribution in [2.75, 3.05) is 11.9 Å². The molecule has 0 amide bonds. The van der Waals surface area contributed by atoms with E-state index in [-0.39, 0.29) is 0 Å². The number of nitrogens with zero attached hydrogens (tertiary/aromatic N) is 4. The Balaban J connectivity index is 2.16. The van der Waals surface area contributed by atoms with Gasteiger partial charge in [0, 0.05) is 30.4 Å². The summed E-state index contributed by atoms with van der Waals surface area (Å²) in [4.78, 5) is 0. The van der Waals surface area contributed by atoms with E-state index in [2.05, 4.69) is 42.8 Å². The van der Waals surface area contributed by atoms with Gasteiger partial charge in [-0.2, -0.15) is 10.2 Å². The molecule has 0 aliphatic carbocycles. The van der Waals surface area contributed by atoms with E-state index in [1.54, 1.807) is 0 Å². The van der Waals surface area contributed by atoms with Gasteiger partial charge in [-0.1, -0.05) is 0 Å². The second-order valence-corrected chi connectivity index (χ2v) is 5.44. The molecule has 0 spiro atoms. The van der Waals surface area contributed by atoms with E-state index in [1.807, 2.05) is 11.7 Å². The van der Waals surface area contributed by atoms with E-state index in [1.165, 1.54) is 16.8 Å². The predicted molar refractivity (Wildman–Crippen MR) is 75.6 cm³/mol. The monoisotopic (exact) mass is 259 g/mol. The highest BCUT2D eigenvalue weighted by atomic mass is 15.4. The van der Waals surface area contributed by atoms with Crippen molar-refractivity contribution in [3.05, 3.63) is 28.2 Å². The molecular formula is C14H21N5. The van der Waals surface area contributed by atoms with E-state index < -0.39 is 0 Å². The van der Waals surface area contributed by atoms with Gasteiger partial charge in [0.15, 0.2) is 0 Å². The van der Waals surface area contributed by atoms with Gasteiger partial charge in [0.05, 0.1) is 17.4 Å². The molecule has 19 heavy (non-hydrogen) atoms. The minimum atomic E-state index is 0.303. The summed E-state index contributed by atoms with van der Waals surface area (Å²) >= 11 is 0. The summed E-state index contributed by atoms with van der Waals surface area (Å²) in [5.74, 6) is 1.16. The Morgan fingerprint density at radius 1 is 1.11 bits per heavy atom. The molecule has 1 atom stereocenters.